The number of hydrogen-bond donors (Lipinski definition) is 2. The van der Waals surface area contributed by atoms with E-state index in [4.69, 9.17) is 4.74 Å². The lowest BCUT2D eigenvalue weighted by Gasteiger charge is -2.40. The van der Waals surface area contributed by atoms with Gasteiger partial charge < -0.3 is 20.3 Å². The molecule has 0 saturated carbocycles. The molecule has 1 aromatic heterocycles. The third-order valence-corrected chi connectivity index (χ3v) is 6.61. The van der Waals surface area contributed by atoms with Crippen molar-refractivity contribution in [2.45, 2.75) is 32.5 Å². The van der Waals surface area contributed by atoms with Crippen molar-refractivity contribution >= 4 is 17.7 Å². The molecule has 0 aliphatic carbocycles. The number of rotatable bonds is 7. The van der Waals surface area contributed by atoms with Crippen molar-refractivity contribution in [2.24, 2.45) is 0 Å². The molecule has 2 aromatic rings. The zero-order chi connectivity index (χ0) is 24.3. The molecule has 10 nitrogen and oxygen atoms in total. The van der Waals surface area contributed by atoms with Gasteiger partial charge in [0, 0.05) is 45.8 Å². The highest BCUT2D eigenvalue weighted by molar-refractivity contribution is 6.01. The van der Waals surface area contributed by atoms with Crippen LogP contribution in [-0.4, -0.2) is 89.3 Å². The molecule has 1 atom stereocenters. The van der Waals surface area contributed by atoms with Gasteiger partial charge in [0.05, 0.1) is 19.8 Å². The summed E-state index contributed by atoms with van der Waals surface area (Å²) in [4.78, 5) is 42.4. The highest BCUT2D eigenvalue weighted by atomic mass is 16.5. The third-order valence-electron chi connectivity index (χ3n) is 6.61. The summed E-state index contributed by atoms with van der Waals surface area (Å²) >= 11 is 0. The first-order chi connectivity index (χ1) is 16.3. The predicted octanol–water partition coefficient (Wildman–Crippen LogP) is 0.414. The SMILES string of the molecule is Cc1ccc(CNC(=O)C2(C)Cn3nc(C(=O)NCCN4CCOCC4)cc3C(=O)N2C)cc1. The molecule has 0 spiro atoms. The Bertz CT molecular complexity index is 1060. The van der Waals surface area contributed by atoms with Crippen molar-refractivity contribution in [1.82, 2.24) is 30.2 Å². The molecule has 2 N–H and O–H groups in total. The Morgan fingerprint density at radius 2 is 1.85 bits per heavy atom. The molecule has 4 rings (SSSR count). The molecule has 0 radical (unpaired) electrons. The summed E-state index contributed by atoms with van der Waals surface area (Å²) in [5.41, 5.74) is 1.45. The van der Waals surface area contributed by atoms with Crippen molar-refractivity contribution < 1.29 is 19.1 Å². The number of morpholine rings is 1. The molecule has 0 bridgehead atoms. The highest BCUT2D eigenvalue weighted by Crippen LogP contribution is 2.26. The largest absolute Gasteiger partial charge is 0.379 e. The number of nitrogens with one attached hydrogen (secondary N) is 2. The first-order valence-corrected chi connectivity index (χ1v) is 11.6. The Kier molecular flexibility index (Phi) is 6.99. The lowest BCUT2D eigenvalue weighted by molar-refractivity contribution is -0.132. The molecular weight excluding hydrogens is 436 g/mol. The van der Waals surface area contributed by atoms with Crippen LogP contribution in [0.3, 0.4) is 0 Å². The van der Waals surface area contributed by atoms with Gasteiger partial charge in [0.15, 0.2) is 5.69 Å². The van der Waals surface area contributed by atoms with Gasteiger partial charge >= 0.3 is 0 Å². The first kappa shape index (κ1) is 23.9. The number of carbonyl (C=O) groups is 3. The molecule has 2 aliphatic heterocycles. The van der Waals surface area contributed by atoms with Crippen LogP contribution in [0.4, 0.5) is 0 Å². The quantitative estimate of drug-likeness (QED) is 0.610. The van der Waals surface area contributed by atoms with E-state index in [-0.39, 0.29) is 30.0 Å². The van der Waals surface area contributed by atoms with E-state index in [0.717, 1.165) is 30.8 Å². The monoisotopic (exact) mass is 468 g/mol. The third kappa shape index (κ3) is 4.97. The fourth-order valence-electron chi connectivity index (χ4n) is 4.16. The van der Waals surface area contributed by atoms with E-state index in [2.05, 4.69) is 20.6 Å². The topological polar surface area (TPSA) is 109 Å². The zero-order valence-electron chi connectivity index (χ0n) is 20.0. The summed E-state index contributed by atoms with van der Waals surface area (Å²) < 4.78 is 6.79. The van der Waals surface area contributed by atoms with Gasteiger partial charge in [0.1, 0.15) is 11.2 Å². The summed E-state index contributed by atoms with van der Waals surface area (Å²) in [6.07, 6.45) is 0. The molecule has 3 amide bonds. The van der Waals surface area contributed by atoms with Crippen LogP contribution in [0.5, 0.6) is 0 Å². The second kappa shape index (κ2) is 9.94. The molecular formula is C24H32N6O4. The van der Waals surface area contributed by atoms with Crippen LogP contribution in [0.15, 0.2) is 30.3 Å². The smallest absolute Gasteiger partial charge is 0.272 e. The van der Waals surface area contributed by atoms with Crippen LogP contribution >= 0.6 is 0 Å². The number of aromatic nitrogens is 2. The Balaban J connectivity index is 1.39. The van der Waals surface area contributed by atoms with E-state index >= 15 is 0 Å². The van der Waals surface area contributed by atoms with Gasteiger partial charge in [-0.25, -0.2) is 0 Å². The molecule has 2 aliphatic rings. The van der Waals surface area contributed by atoms with E-state index in [0.29, 0.717) is 32.0 Å². The second-order valence-corrected chi connectivity index (χ2v) is 9.09. The Hall–Kier alpha value is -3.24. The number of ether oxygens (including phenoxy) is 1. The van der Waals surface area contributed by atoms with Gasteiger partial charge in [-0.05, 0) is 19.4 Å². The van der Waals surface area contributed by atoms with Crippen LogP contribution in [0.1, 0.15) is 39.0 Å². The van der Waals surface area contributed by atoms with Gasteiger partial charge in [-0.3, -0.25) is 24.0 Å². The lowest BCUT2D eigenvalue weighted by Crippen LogP contribution is -2.62. The Morgan fingerprint density at radius 3 is 2.56 bits per heavy atom. The van der Waals surface area contributed by atoms with Crippen molar-refractivity contribution in [1.29, 1.82) is 0 Å². The predicted molar refractivity (Wildman–Crippen MR) is 125 cm³/mol. The summed E-state index contributed by atoms with van der Waals surface area (Å²) in [7, 11) is 1.60. The summed E-state index contributed by atoms with van der Waals surface area (Å²) in [5.74, 6) is -0.961. The normalized spacial score (nSPS) is 20.7. The number of amides is 3. The first-order valence-electron chi connectivity index (χ1n) is 11.6. The molecule has 34 heavy (non-hydrogen) atoms. The summed E-state index contributed by atoms with van der Waals surface area (Å²) in [5, 5.41) is 10.1. The van der Waals surface area contributed by atoms with E-state index in [1.807, 2.05) is 31.2 Å². The average molecular weight is 469 g/mol. The number of aryl methyl sites for hydroxylation is 1. The molecule has 3 heterocycles. The molecule has 182 valence electrons. The summed E-state index contributed by atoms with van der Waals surface area (Å²) in [6, 6.07) is 9.39. The minimum absolute atomic E-state index is 0.158. The van der Waals surface area contributed by atoms with Crippen molar-refractivity contribution in [3.63, 3.8) is 0 Å². The minimum atomic E-state index is -1.13. The molecule has 1 fully saturated rings. The van der Waals surface area contributed by atoms with E-state index < -0.39 is 5.54 Å². The number of fused-ring (bicyclic) bond motifs is 1. The number of likely N-dealkylation sites (N-methyl/N-ethyl adjacent to an activating group) is 1. The maximum Gasteiger partial charge on any atom is 0.272 e. The van der Waals surface area contributed by atoms with Gasteiger partial charge in [-0.2, -0.15) is 5.10 Å². The van der Waals surface area contributed by atoms with Gasteiger partial charge in [0.2, 0.25) is 5.91 Å². The number of benzene rings is 1. The van der Waals surface area contributed by atoms with Gasteiger partial charge in [0.25, 0.3) is 11.8 Å². The van der Waals surface area contributed by atoms with Crippen LogP contribution in [0.2, 0.25) is 0 Å². The van der Waals surface area contributed by atoms with E-state index in [9.17, 15) is 14.4 Å². The Labute approximate surface area is 199 Å². The van der Waals surface area contributed by atoms with Crippen LogP contribution in [0.25, 0.3) is 0 Å². The molecule has 10 heteroatoms. The van der Waals surface area contributed by atoms with E-state index in [1.54, 1.807) is 14.0 Å². The molecule has 1 aromatic carbocycles. The van der Waals surface area contributed by atoms with Crippen LogP contribution < -0.4 is 10.6 Å². The van der Waals surface area contributed by atoms with Gasteiger partial charge in [-0.1, -0.05) is 29.8 Å². The standard InChI is InChI=1S/C24H32N6O4/c1-17-4-6-18(7-5-17)15-26-23(33)24(2)16-30-20(22(32)28(24)3)14-19(27-30)21(31)25-8-9-29-10-12-34-13-11-29/h4-7,14H,8-13,15-16H2,1-3H3,(H,25,31)(H,26,33). The number of nitrogens with zero attached hydrogens (tertiary/aromatic N) is 4. The lowest BCUT2D eigenvalue weighted by atomic mass is 9.95. The Morgan fingerprint density at radius 1 is 1.15 bits per heavy atom. The number of carbonyl (C=O) groups excluding carboxylic acids is 3. The fraction of sp³-hybridized carbons (Fsp3) is 0.500. The van der Waals surface area contributed by atoms with Crippen molar-refractivity contribution in [3.8, 4) is 0 Å². The average Bonchev–Trinajstić information content (AvgIpc) is 3.26. The molecule has 1 unspecified atom stereocenters. The van der Waals surface area contributed by atoms with Crippen LogP contribution in [0, 0.1) is 6.92 Å². The second-order valence-electron chi connectivity index (χ2n) is 9.09. The number of hydrogen-bond acceptors (Lipinski definition) is 6. The van der Waals surface area contributed by atoms with Crippen molar-refractivity contribution in [3.05, 3.63) is 52.8 Å². The highest BCUT2D eigenvalue weighted by Gasteiger charge is 2.46. The zero-order valence-corrected chi connectivity index (χ0v) is 20.0. The van der Waals surface area contributed by atoms with E-state index in [1.165, 1.54) is 15.6 Å². The maximum absolute atomic E-state index is 13.1. The van der Waals surface area contributed by atoms with Crippen LogP contribution in [-0.2, 0) is 22.6 Å². The minimum Gasteiger partial charge on any atom is -0.379 e. The fourth-order valence-corrected chi connectivity index (χ4v) is 4.16. The van der Waals surface area contributed by atoms with Crippen molar-refractivity contribution in [2.75, 3.05) is 46.4 Å². The maximum atomic E-state index is 13.1. The summed E-state index contributed by atoms with van der Waals surface area (Å²) in [6.45, 7) is 8.54. The molecule has 1 saturated heterocycles. The van der Waals surface area contributed by atoms with Gasteiger partial charge in [-0.15, -0.1) is 0 Å².